The molecule has 0 aromatic heterocycles. The smallest absolute Gasteiger partial charge is 0.0907 e. The normalized spacial score (nSPS) is 21.0. The lowest BCUT2D eigenvalue weighted by Gasteiger charge is -2.38. The third-order valence-corrected chi connectivity index (χ3v) is 2.70. The summed E-state index contributed by atoms with van der Waals surface area (Å²) < 4.78 is 0. The van der Waals surface area contributed by atoms with Crippen LogP contribution in [0.25, 0.3) is 0 Å². The summed E-state index contributed by atoms with van der Waals surface area (Å²) in [5.41, 5.74) is -0.400. The molecule has 3 nitrogen and oxygen atoms in total. The van der Waals surface area contributed by atoms with Gasteiger partial charge >= 0.3 is 0 Å². The zero-order valence-electron chi connectivity index (χ0n) is 8.14. The van der Waals surface area contributed by atoms with Gasteiger partial charge in [0.1, 0.15) is 0 Å². The molecule has 0 aromatic carbocycles. The predicted molar refractivity (Wildman–Crippen MR) is 50.2 cm³/mol. The minimum atomic E-state index is -0.400. The van der Waals surface area contributed by atoms with Crippen molar-refractivity contribution in [1.82, 2.24) is 10.2 Å². The van der Waals surface area contributed by atoms with E-state index in [9.17, 15) is 5.11 Å². The Labute approximate surface area is 74.8 Å². The molecule has 0 radical (unpaired) electrons. The molecule has 1 rings (SSSR count). The summed E-state index contributed by atoms with van der Waals surface area (Å²) in [6, 6.07) is 0. The maximum atomic E-state index is 9.76. The van der Waals surface area contributed by atoms with Crippen molar-refractivity contribution < 1.29 is 5.11 Å². The Bertz CT molecular complexity index is 130. The topological polar surface area (TPSA) is 35.5 Å². The fourth-order valence-electron chi connectivity index (χ4n) is 1.50. The summed E-state index contributed by atoms with van der Waals surface area (Å²) in [5, 5.41) is 12.9. The molecule has 1 aliphatic heterocycles. The Morgan fingerprint density at radius 1 is 1.33 bits per heavy atom. The van der Waals surface area contributed by atoms with E-state index in [1.165, 1.54) is 0 Å². The summed E-state index contributed by atoms with van der Waals surface area (Å²) in [6.07, 6.45) is 0.904. The van der Waals surface area contributed by atoms with E-state index in [4.69, 9.17) is 0 Å². The largest absolute Gasteiger partial charge is 0.387 e. The lowest BCUT2D eigenvalue weighted by molar-refractivity contribution is -0.0236. The molecule has 3 heteroatoms. The average molecular weight is 172 g/mol. The van der Waals surface area contributed by atoms with Gasteiger partial charge in [-0.1, -0.05) is 13.8 Å². The van der Waals surface area contributed by atoms with E-state index in [2.05, 4.69) is 24.1 Å². The first-order valence-corrected chi connectivity index (χ1v) is 4.85. The van der Waals surface area contributed by atoms with E-state index in [1.54, 1.807) is 0 Å². The maximum absolute atomic E-state index is 9.76. The average Bonchev–Trinajstić information content (AvgIpc) is 2.03. The third-order valence-electron chi connectivity index (χ3n) is 2.70. The van der Waals surface area contributed by atoms with E-state index in [-0.39, 0.29) is 0 Å². The summed E-state index contributed by atoms with van der Waals surface area (Å²) >= 11 is 0. The molecule has 0 atom stereocenters. The molecule has 0 saturated carbocycles. The molecule has 0 aromatic rings. The van der Waals surface area contributed by atoms with Crippen LogP contribution in [-0.2, 0) is 0 Å². The first-order chi connectivity index (χ1) is 5.70. The van der Waals surface area contributed by atoms with Crippen molar-refractivity contribution in [1.29, 1.82) is 0 Å². The Kier molecular flexibility index (Phi) is 3.50. The predicted octanol–water partition coefficient (Wildman–Crippen LogP) is 0.0526. The lowest BCUT2D eigenvalue weighted by Crippen LogP contribution is -2.60. The van der Waals surface area contributed by atoms with Gasteiger partial charge in [-0.2, -0.15) is 0 Å². The van der Waals surface area contributed by atoms with Gasteiger partial charge in [-0.15, -0.1) is 0 Å². The number of rotatable bonds is 5. The number of nitrogens with one attached hydrogen (secondary N) is 1. The minimum Gasteiger partial charge on any atom is -0.387 e. The second-order valence-corrected chi connectivity index (χ2v) is 3.60. The SMILES string of the molecule is CCN(CC)CCC1(O)CNC1. The van der Waals surface area contributed by atoms with Crippen molar-refractivity contribution in [3.8, 4) is 0 Å². The van der Waals surface area contributed by atoms with Crippen LogP contribution >= 0.6 is 0 Å². The summed E-state index contributed by atoms with van der Waals surface area (Å²) in [6.45, 7) is 9.05. The monoisotopic (exact) mass is 172 g/mol. The Morgan fingerprint density at radius 3 is 2.25 bits per heavy atom. The second kappa shape index (κ2) is 4.21. The van der Waals surface area contributed by atoms with Crippen LogP contribution in [0.4, 0.5) is 0 Å². The van der Waals surface area contributed by atoms with Crippen molar-refractivity contribution in [2.45, 2.75) is 25.9 Å². The van der Waals surface area contributed by atoms with Crippen molar-refractivity contribution in [2.75, 3.05) is 32.7 Å². The van der Waals surface area contributed by atoms with Crippen LogP contribution < -0.4 is 5.32 Å². The molecule has 1 aliphatic rings. The van der Waals surface area contributed by atoms with Crippen LogP contribution in [0.1, 0.15) is 20.3 Å². The molecule has 72 valence electrons. The van der Waals surface area contributed by atoms with E-state index >= 15 is 0 Å². The first-order valence-electron chi connectivity index (χ1n) is 4.85. The minimum absolute atomic E-state index is 0.400. The van der Waals surface area contributed by atoms with Gasteiger partial charge in [0, 0.05) is 19.6 Å². The molecule has 2 N–H and O–H groups in total. The van der Waals surface area contributed by atoms with Crippen molar-refractivity contribution in [3.63, 3.8) is 0 Å². The van der Waals surface area contributed by atoms with E-state index in [0.717, 1.165) is 39.1 Å². The number of aliphatic hydroxyl groups is 1. The quantitative estimate of drug-likeness (QED) is 0.615. The standard InChI is InChI=1S/C9H20N2O/c1-3-11(4-2)6-5-9(12)7-10-8-9/h10,12H,3-8H2,1-2H3. The molecule has 0 amide bonds. The second-order valence-electron chi connectivity index (χ2n) is 3.60. The Hall–Kier alpha value is -0.120. The fraction of sp³-hybridized carbons (Fsp3) is 1.00. The van der Waals surface area contributed by atoms with E-state index in [0.29, 0.717) is 0 Å². The molecule has 0 unspecified atom stereocenters. The summed E-state index contributed by atoms with van der Waals surface area (Å²) in [5.74, 6) is 0. The van der Waals surface area contributed by atoms with Crippen LogP contribution in [0.3, 0.4) is 0 Å². The zero-order valence-corrected chi connectivity index (χ0v) is 8.14. The van der Waals surface area contributed by atoms with Gasteiger partial charge in [-0.25, -0.2) is 0 Å². The number of β-amino-alcohol motifs (C(OH)–C–C–N with tert-alkyl or cyclic N) is 1. The third kappa shape index (κ3) is 2.44. The van der Waals surface area contributed by atoms with Crippen molar-refractivity contribution >= 4 is 0 Å². The van der Waals surface area contributed by atoms with Gasteiger partial charge in [0.05, 0.1) is 5.60 Å². The molecule has 1 heterocycles. The van der Waals surface area contributed by atoms with Crippen molar-refractivity contribution in [2.24, 2.45) is 0 Å². The molecular weight excluding hydrogens is 152 g/mol. The van der Waals surface area contributed by atoms with Gasteiger partial charge in [-0.3, -0.25) is 0 Å². The number of nitrogens with zero attached hydrogens (tertiary/aromatic N) is 1. The molecular formula is C9H20N2O. The fourth-order valence-corrected chi connectivity index (χ4v) is 1.50. The molecule has 0 aliphatic carbocycles. The highest BCUT2D eigenvalue weighted by Gasteiger charge is 2.33. The van der Waals surface area contributed by atoms with Crippen LogP contribution in [0, 0.1) is 0 Å². The van der Waals surface area contributed by atoms with Crippen molar-refractivity contribution in [3.05, 3.63) is 0 Å². The summed E-state index contributed by atoms with van der Waals surface area (Å²) in [4.78, 5) is 2.34. The molecule has 0 bridgehead atoms. The highest BCUT2D eigenvalue weighted by Crippen LogP contribution is 2.15. The van der Waals surface area contributed by atoms with Crippen LogP contribution in [0.5, 0.6) is 0 Å². The van der Waals surface area contributed by atoms with Gasteiger partial charge in [0.2, 0.25) is 0 Å². The Morgan fingerprint density at radius 2 is 1.92 bits per heavy atom. The first kappa shape index (κ1) is 9.96. The maximum Gasteiger partial charge on any atom is 0.0907 e. The molecule has 12 heavy (non-hydrogen) atoms. The van der Waals surface area contributed by atoms with Crippen LogP contribution in [-0.4, -0.2) is 48.3 Å². The van der Waals surface area contributed by atoms with Crippen LogP contribution in [0.2, 0.25) is 0 Å². The summed E-state index contributed by atoms with van der Waals surface area (Å²) in [7, 11) is 0. The Balaban J connectivity index is 2.14. The zero-order chi connectivity index (χ0) is 9.03. The molecule has 1 fully saturated rings. The van der Waals surface area contributed by atoms with Gasteiger partial charge in [-0.05, 0) is 19.5 Å². The molecule has 1 saturated heterocycles. The highest BCUT2D eigenvalue weighted by atomic mass is 16.3. The van der Waals surface area contributed by atoms with E-state index < -0.39 is 5.60 Å². The number of hydrogen-bond acceptors (Lipinski definition) is 3. The van der Waals surface area contributed by atoms with Crippen LogP contribution in [0.15, 0.2) is 0 Å². The number of hydrogen-bond donors (Lipinski definition) is 2. The van der Waals surface area contributed by atoms with Gasteiger partial charge < -0.3 is 15.3 Å². The van der Waals surface area contributed by atoms with E-state index in [1.807, 2.05) is 0 Å². The lowest BCUT2D eigenvalue weighted by atomic mass is 9.93. The van der Waals surface area contributed by atoms with Gasteiger partial charge in [0.15, 0.2) is 0 Å². The molecule has 0 spiro atoms. The highest BCUT2D eigenvalue weighted by molar-refractivity contribution is 4.92. The van der Waals surface area contributed by atoms with Gasteiger partial charge in [0.25, 0.3) is 0 Å².